The molecule has 0 atom stereocenters. The van der Waals surface area contributed by atoms with Gasteiger partial charge < -0.3 is 14.2 Å². The van der Waals surface area contributed by atoms with Gasteiger partial charge in [0.2, 0.25) is 0 Å². The van der Waals surface area contributed by atoms with Crippen LogP contribution in [0.1, 0.15) is 43.8 Å². The number of esters is 1. The predicted octanol–water partition coefficient (Wildman–Crippen LogP) is 4.77. The van der Waals surface area contributed by atoms with Gasteiger partial charge in [-0.05, 0) is 51.8 Å². The fourth-order valence-corrected chi connectivity index (χ4v) is 3.65. The Morgan fingerprint density at radius 2 is 1.84 bits per heavy atom. The SMILES string of the molecule is CCOC(=O)C(C)(C)Oc1cccc(OCc2sc(-c3ncc(CC)cn3)nc2C)c1. The zero-order chi connectivity index (χ0) is 22.4. The molecule has 0 spiro atoms. The fourth-order valence-electron chi connectivity index (χ4n) is 2.72. The molecule has 0 saturated carbocycles. The van der Waals surface area contributed by atoms with E-state index in [-0.39, 0.29) is 0 Å². The molecular formula is C23H27N3O4S. The van der Waals surface area contributed by atoms with Gasteiger partial charge >= 0.3 is 5.97 Å². The van der Waals surface area contributed by atoms with Crippen molar-refractivity contribution in [3.63, 3.8) is 0 Å². The van der Waals surface area contributed by atoms with Crippen LogP contribution in [-0.4, -0.2) is 33.1 Å². The molecule has 164 valence electrons. The highest BCUT2D eigenvalue weighted by Gasteiger charge is 2.31. The summed E-state index contributed by atoms with van der Waals surface area (Å²) < 4.78 is 16.9. The molecule has 0 aliphatic carbocycles. The summed E-state index contributed by atoms with van der Waals surface area (Å²) in [5.41, 5.74) is 0.887. The normalized spacial score (nSPS) is 11.3. The molecule has 7 nitrogen and oxygen atoms in total. The summed E-state index contributed by atoms with van der Waals surface area (Å²) in [5, 5.41) is 0.770. The van der Waals surface area contributed by atoms with Gasteiger partial charge in [0.15, 0.2) is 16.4 Å². The Bertz CT molecular complexity index is 1030. The van der Waals surface area contributed by atoms with Crippen LogP contribution in [0.2, 0.25) is 0 Å². The van der Waals surface area contributed by atoms with E-state index < -0.39 is 11.6 Å². The summed E-state index contributed by atoms with van der Waals surface area (Å²) >= 11 is 1.52. The number of carbonyl (C=O) groups excluding carboxylic acids is 1. The lowest BCUT2D eigenvalue weighted by Gasteiger charge is -2.24. The van der Waals surface area contributed by atoms with E-state index in [0.717, 1.165) is 27.6 Å². The molecule has 0 fully saturated rings. The van der Waals surface area contributed by atoms with Crippen LogP contribution in [0.15, 0.2) is 36.7 Å². The number of aromatic nitrogens is 3. The van der Waals surface area contributed by atoms with Crippen molar-refractivity contribution >= 4 is 17.3 Å². The molecule has 3 aromatic rings. The van der Waals surface area contributed by atoms with E-state index in [9.17, 15) is 4.79 Å². The van der Waals surface area contributed by atoms with E-state index in [1.54, 1.807) is 32.9 Å². The van der Waals surface area contributed by atoms with Gasteiger partial charge in [-0.25, -0.2) is 19.7 Å². The number of nitrogens with zero attached hydrogens (tertiary/aromatic N) is 3. The van der Waals surface area contributed by atoms with Crippen molar-refractivity contribution in [2.45, 2.75) is 53.2 Å². The Hall–Kier alpha value is -3.00. The van der Waals surface area contributed by atoms with Gasteiger partial charge in [-0.2, -0.15) is 0 Å². The summed E-state index contributed by atoms with van der Waals surface area (Å²) in [5.74, 6) is 1.37. The standard InChI is InChI=1S/C23H27N3O4S/c1-6-16-12-24-20(25-13-16)21-26-15(3)19(31-21)14-29-17-9-8-10-18(11-17)30-23(4,5)22(27)28-7-2/h8-13H,6-7,14H2,1-5H3. The average molecular weight is 442 g/mol. The molecule has 8 heteroatoms. The number of thiazole rings is 1. The summed E-state index contributed by atoms with van der Waals surface area (Å²) in [4.78, 5) is 26.5. The Balaban J connectivity index is 1.67. The lowest BCUT2D eigenvalue weighted by molar-refractivity contribution is -0.158. The third-order valence-electron chi connectivity index (χ3n) is 4.51. The maximum atomic E-state index is 12.1. The van der Waals surface area contributed by atoms with Crippen molar-refractivity contribution in [3.8, 4) is 22.3 Å². The first-order valence-electron chi connectivity index (χ1n) is 10.2. The molecule has 0 N–H and O–H groups in total. The first kappa shape index (κ1) is 22.7. The highest BCUT2D eigenvalue weighted by atomic mass is 32.1. The van der Waals surface area contributed by atoms with Gasteiger partial charge in [0.05, 0.1) is 17.2 Å². The molecule has 0 amide bonds. The van der Waals surface area contributed by atoms with E-state index in [0.29, 0.717) is 30.5 Å². The van der Waals surface area contributed by atoms with Crippen molar-refractivity contribution in [2.24, 2.45) is 0 Å². The van der Waals surface area contributed by atoms with Crippen molar-refractivity contribution in [3.05, 3.63) is 52.8 Å². The third kappa shape index (κ3) is 5.79. The largest absolute Gasteiger partial charge is 0.488 e. The number of hydrogen-bond donors (Lipinski definition) is 0. The topological polar surface area (TPSA) is 83.4 Å². The van der Waals surface area contributed by atoms with Crippen LogP contribution in [0.5, 0.6) is 11.5 Å². The van der Waals surface area contributed by atoms with E-state index in [4.69, 9.17) is 14.2 Å². The van der Waals surface area contributed by atoms with Gasteiger partial charge in [0, 0.05) is 18.5 Å². The van der Waals surface area contributed by atoms with Gasteiger partial charge in [0.25, 0.3) is 0 Å². The molecule has 2 heterocycles. The van der Waals surface area contributed by atoms with E-state index in [1.807, 2.05) is 31.5 Å². The van der Waals surface area contributed by atoms with Crippen molar-refractivity contribution in [1.82, 2.24) is 15.0 Å². The van der Waals surface area contributed by atoms with E-state index in [1.165, 1.54) is 11.3 Å². The Labute approximate surface area is 186 Å². The summed E-state index contributed by atoms with van der Waals surface area (Å²) in [6.07, 6.45) is 4.56. The minimum Gasteiger partial charge on any atom is -0.488 e. The zero-order valence-electron chi connectivity index (χ0n) is 18.5. The Morgan fingerprint density at radius 1 is 1.13 bits per heavy atom. The number of carbonyl (C=O) groups is 1. The fraction of sp³-hybridized carbons (Fsp3) is 0.391. The van der Waals surface area contributed by atoms with E-state index >= 15 is 0 Å². The average Bonchev–Trinajstić information content (AvgIpc) is 3.13. The summed E-state index contributed by atoms with van der Waals surface area (Å²) in [6.45, 7) is 9.80. The van der Waals surface area contributed by atoms with Crippen LogP contribution < -0.4 is 9.47 Å². The second-order valence-corrected chi connectivity index (χ2v) is 8.48. The molecule has 0 radical (unpaired) electrons. The van der Waals surface area contributed by atoms with Crippen LogP contribution in [0, 0.1) is 6.92 Å². The number of hydrogen-bond acceptors (Lipinski definition) is 8. The van der Waals surface area contributed by atoms with Crippen LogP contribution >= 0.6 is 11.3 Å². The molecule has 1 aromatic carbocycles. The number of rotatable bonds is 9. The first-order chi connectivity index (χ1) is 14.8. The monoisotopic (exact) mass is 441 g/mol. The highest BCUT2D eigenvalue weighted by Crippen LogP contribution is 2.28. The van der Waals surface area contributed by atoms with Crippen LogP contribution in [0.3, 0.4) is 0 Å². The van der Waals surface area contributed by atoms with Crippen molar-refractivity contribution < 1.29 is 19.0 Å². The number of aryl methyl sites for hydroxylation is 2. The Kier molecular flexibility index (Phi) is 7.22. The molecular weight excluding hydrogens is 414 g/mol. The second-order valence-electron chi connectivity index (χ2n) is 7.39. The maximum Gasteiger partial charge on any atom is 0.349 e. The molecule has 0 aliphatic rings. The molecule has 0 aliphatic heterocycles. The molecule has 2 aromatic heterocycles. The van der Waals surface area contributed by atoms with Gasteiger partial charge in [-0.1, -0.05) is 13.0 Å². The minimum atomic E-state index is -1.09. The molecule has 31 heavy (non-hydrogen) atoms. The smallest absolute Gasteiger partial charge is 0.349 e. The molecule has 3 rings (SSSR count). The van der Waals surface area contributed by atoms with Gasteiger partial charge in [-0.15, -0.1) is 11.3 Å². The second kappa shape index (κ2) is 9.87. The predicted molar refractivity (Wildman–Crippen MR) is 119 cm³/mol. The van der Waals surface area contributed by atoms with E-state index in [2.05, 4.69) is 21.9 Å². The van der Waals surface area contributed by atoms with Crippen LogP contribution in [0.25, 0.3) is 10.8 Å². The third-order valence-corrected chi connectivity index (χ3v) is 5.64. The molecule has 0 bridgehead atoms. The summed E-state index contributed by atoms with van der Waals surface area (Å²) in [7, 11) is 0. The van der Waals surface area contributed by atoms with Crippen molar-refractivity contribution in [2.75, 3.05) is 6.61 Å². The minimum absolute atomic E-state index is 0.304. The van der Waals surface area contributed by atoms with Gasteiger partial charge in [0.1, 0.15) is 18.1 Å². The molecule has 0 saturated heterocycles. The summed E-state index contributed by atoms with van der Waals surface area (Å²) in [6, 6.07) is 7.19. The van der Waals surface area contributed by atoms with Crippen molar-refractivity contribution in [1.29, 1.82) is 0 Å². The number of ether oxygens (including phenoxy) is 3. The highest BCUT2D eigenvalue weighted by molar-refractivity contribution is 7.15. The quantitative estimate of drug-likeness (QED) is 0.442. The lowest BCUT2D eigenvalue weighted by Crippen LogP contribution is -2.39. The van der Waals surface area contributed by atoms with Crippen LogP contribution in [-0.2, 0) is 22.6 Å². The first-order valence-corrected chi connectivity index (χ1v) is 11.0. The Morgan fingerprint density at radius 3 is 2.52 bits per heavy atom. The lowest BCUT2D eigenvalue weighted by atomic mass is 10.1. The van der Waals surface area contributed by atoms with Crippen LogP contribution in [0.4, 0.5) is 0 Å². The molecule has 0 unspecified atom stereocenters. The van der Waals surface area contributed by atoms with Gasteiger partial charge in [-0.3, -0.25) is 0 Å². The number of benzene rings is 1. The zero-order valence-corrected chi connectivity index (χ0v) is 19.3. The maximum absolute atomic E-state index is 12.1.